The zero-order valence-corrected chi connectivity index (χ0v) is 12.4. The normalized spacial score (nSPS) is 20.6. The molecule has 0 bridgehead atoms. The van der Waals surface area contributed by atoms with Gasteiger partial charge in [0.05, 0.1) is 12.1 Å². The molecule has 2 rings (SSSR count). The fraction of sp³-hybridized carbons (Fsp3) is 0.600. The maximum absolute atomic E-state index is 9.13. The van der Waals surface area contributed by atoms with Crippen molar-refractivity contribution in [1.82, 2.24) is 0 Å². The number of ether oxygens (including phenoxy) is 1. The van der Waals surface area contributed by atoms with Crippen LogP contribution in [0.15, 0.2) is 18.2 Å². The molecule has 19 heavy (non-hydrogen) atoms. The number of anilines is 1. The molecular formula is C15H22ClNO2. The summed E-state index contributed by atoms with van der Waals surface area (Å²) in [5, 5.41) is 9.79. The lowest BCUT2D eigenvalue weighted by Crippen LogP contribution is -2.20. The summed E-state index contributed by atoms with van der Waals surface area (Å²) in [6, 6.07) is 5.95. The Balaban J connectivity index is 1.98. The van der Waals surface area contributed by atoms with Gasteiger partial charge in [0.25, 0.3) is 0 Å². The summed E-state index contributed by atoms with van der Waals surface area (Å²) in [4.78, 5) is 2.36. The Morgan fingerprint density at radius 2 is 2.32 bits per heavy atom. The van der Waals surface area contributed by atoms with Gasteiger partial charge in [-0.15, -0.1) is 0 Å². The smallest absolute Gasteiger partial charge is 0.137 e. The highest BCUT2D eigenvalue weighted by Crippen LogP contribution is 2.33. The summed E-state index contributed by atoms with van der Waals surface area (Å²) in [7, 11) is 1.63. The number of aliphatic hydroxyl groups is 1. The van der Waals surface area contributed by atoms with Gasteiger partial charge in [-0.1, -0.05) is 18.5 Å². The largest absolute Gasteiger partial charge is 0.495 e. The number of benzene rings is 1. The maximum Gasteiger partial charge on any atom is 0.137 e. The van der Waals surface area contributed by atoms with Crippen LogP contribution in [0.4, 0.5) is 5.69 Å². The van der Waals surface area contributed by atoms with Crippen LogP contribution in [0.1, 0.15) is 19.8 Å². The van der Waals surface area contributed by atoms with Crippen molar-refractivity contribution in [1.29, 1.82) is 0 Å². The molecule has 0 aliphatic carbocycles. The van der Waals surface area contributed by atoms with Gasteiger partial charge < -0.3 is 14.7 Å². The Hall–Kier alpha value is -0.930. The summed E-state index contributed by atoms with van der Waals surface area (Å²) in [6.45, 7) is 4.50. The first kappa shape index (κ1) is 14.5. The lowest BCUT2D eigenvalue weighted by molar-refractivity contribution is 0.215. The van der Waals surface area contributed by atoms with Crippen molar-refractivity contribution in [3.05, 3.63) is 23.2 Å². The van der Waals surface area contributed by atoms with E-state index in [0.29, 0.717) is 16.9 Å². The minimum Gasteiger partial charge on any atom is -0.495 e. The van der Waals surface area contributed by atoms with E-state index in [9.17, 15) is 0 Å². The van der Waals surface area contributed by atoms with Crippen LogP contribution in [0.5, 0.6) is 5.75 Å². The summed E-state index contributed by atoms with van der Waals surface area (Å²) >= 11 is 6.17. The first-order chi connectivity index (χ1) is 9.13. The van der Waals surface area contributed by atoms with Gasteiger partial charge in [0.2, 0.25) is 0 Å². The van der Waals surface area contributed by atoms with Gasteiger partial charge in [-0.3, -0.25) is 0 Å². The molecule has 1 aliphatic heterocycles. The molecular weight excluding hydrogens is 262 g/mol. The lowest BCUT2D eigenvalue weighted by Gasteiger charge is -2.20. The molecule has 0 saturated carbocycles. The van der Waals surface area contributed by atoms with Crippen LogP contribution in [-0.4, -0.2) is 31.9 Å². The Labute approximate surface area is 120 Å². The second kappa shape index (κ2) is 6.49. The van der Waals surface area contributed by atoms with Crippen molar-refractivity contribution >= 4 is 17.3 Å². The van der Waals surface area contributed by atoms with Gasteiger partial charge in [-0.25, -0.2) is 0 Å². The minimum atomic E-state index is 0.283. The van der Waals surface area contributed by atoms with Crippen molar-refractivity contribution < 1.29 is 9.84 Å². The molecule has 0 radical (unpaired) electrons. The quantitative estimate of drug-likeness (QED) is 0.901. The first-order valence-corrected chi connectivity index (χ1v) is 7.21. The topological polar surface area (TPSA) is 32.7 Å². The summed E-state index contributed by atoms with van der Waals surface area (Å²) in [5.74, 6) is 1.78. The van der Waals surface area contributed by atoms with Crippen LogP contribution in [-0.2, 0) is 0 Å². The van der Waals surface area contributed by atoms with Gasteiger partial charge in [-0.05, 0) is 42.9 Å². The second-order valence-corrected chi connectivity index (χ2v) is 5.85. The van der Waals surface area contributed by atoms with Gasteiger partial charge in [0.1, 0.15) is 5.75 Å². The van der Waals surface area contributed by atoms with Crippen LogP contribution >= 0.6 is 11.6 Å². The third kappa shape index (κ3) is 3.54. The molecule has 2 unspecified atom stereocenters. The zero-order valence-electron chi connectivity index (χ0n) is 11.6. The Morgan fingerprint density at radius 3 is 2.95 bits per heavy atom. The number of methoxy groups -OCH3 is 1. The van der Waals surface area contributed by atoms with Gasteiger partial charge in [0.15, 0.2) is 0 Å². The molecule has 1 heterocycles. The molecule has 3 nitrogen and oxygen atoms in total. The van der Waals surface area contributed by atoms with E-state index in [-0.39, 0.29) is 6.61 Å². The van der Waals surface area contributed by atoms with Crippen LogP contribution in [0.25, 0.3) is 0 Å². The predicted molar refractivity (Wildman–Crippen MR) is 79.2 cm³/mol. The van der Waals surface area contributed by atoms with E-state index in [4.69, 9.17) is 21.4 Å². The molecule has 0 amide bonds. The lowest BCUT2D eigenvalue weighted by atomic mass is 9.96. The van der Waals surface area contributed by atoms with E-state index in [1.807, 2.05) is 12.1 Å². The Bertz CT molecular complexity index is 425. The van der Waals surface area contributed by atoms with Gasteiger partial charge >= 0.3 is 0 Å². The molecule has 106 valence electrons. The third-order valence-electron chi connectivity index (χ3n) is 3.83. The standard InChI is InChI=1S/C15H22ClNO2/c1-11(10-18)7-12-5-6-17(9-12)13-3-4-15(19-2)14(16)8-13/h3-4,8,11-12,18H,5-7,9-10H2,1-2H3. The van der Waals surface area contributed by atoms with Crippen molar-refractivity contribution in [2.45, 2.75) is 19.8 Å². The Kier molecular flexibility index (Phi) is 4.94. The number of hydrogen-bond acceptors (Lipinski definition) is 3. The van der Waals surface area contributed by atoms with Crippen molar-refractivity contribution in [3.8, 4) is 5.75 Å². The highest BCUT2D eigenvalue weighted by molar-refractivity contribution is 6.32. The van der Waals surface area contributed by atoms with Crippen LogP contribution in [0.3, 0.4) is 0 Å². The highest BCUT2D eigenvalue weighted by Gasteiger charge is 2.24. The van der Waals surface area contributed by atoms with E-state index in [2.05, 4.69) is 17.9 Å². The molecule has 1 saturated heterocycles. The van der Waals surface area contributed by atoms with Crippen molar-refractivity contribution in [2.75, 3.05) is 31.7 Å². The van der Waals surface area contributed by atoms with E-state index >= 15 is 0 Å². The van der Waals surface area contributed by atoms with E-state index in [1.54, 1.807) is 7.11 Å². The summed E-state index contributed by atoms with van der Waals surface area (Å²) in [5.41, 5.74) is 1.16. The molecule has 1 N–H and O–H groups in total. The fourth-order valence-electron chi connectivity index (χ4n) is 2.76. The van der Waals surface area contributed by atoms with Crippen molar-refractivity contribution in [2.24, 2.45) is 11.8 Å². The van der Waals surface area contributed by atoms with Gasteiger partial charge in [-0.2, -0.15) is 0 Å². The maximum atomic E-state index is 9.13. The molecule has 2 atom stereocenters. The Morgan fingerprint density at radius 1 is 1.53 bits per heavy atom. The molecule has 0 spiro atoms. The summed E-state index contributed by atoms with van der Waals surface area (Å²) < 4.78 is 5.17. The minimum absolute atomic E-state index is 0.283. The molecule has 0 aromatic heterocycles. The SMILES string of the molecule is COc1ccc(N2CCC(CC(C)CO)C2)cc1Cl. The van der Waals surface area contributed by atoms with Gasteiger partial charge in [0, 0.05) is 25.4 Å². The summed E-state index contributed by atoms with van der Waals surface area (Å²) in [6.07, 6.45) is 2.28. The molecule has 1 aliphatic rings. The van der Waals surface area contributed by atoms with Crippen molar-refractivity contribution in [3.63, 3.8) is 0 Å². The third-order valence-corrected chi connectivity index (χ3v) is 4.13. The number of halogens is 1. The first-order valence-electron chi connectivity index (χ1n) is 6.83. The van der Waals surface area contributed by atoms with Crippen LogP contribution in [0, 0.1) is 11.8 Å². The average Bonchev–Trinajstić information content (AvgIpc) is 2.87. The fourth-order valence-corrected chi connectivity index (χ4v) is 3.01. The van der Waals surface area contributed by atoms with E-state index in [0.717, 1.165) is 30.9 Å². The molecule has 4 heteroatoms. The van der Waals surface area contributed by atoms with Crippen LogP contribution < -0.4 is 9.64 Å². The number of aliphatic hydroxyl groups excluding tert-OH is 1. The average molecular weight is 284 g/mol. The number of rotatable bonds is 5. The highest BCUT2D eigenvalue weighted by atomic mass is 35.5. The van der Waals surface area contributed by atoms with E-state index < -0.39 is 0 Å². The predicted octanol–water partition coefficient (Wildman–Crippen LogP) is 3.19. The van der Waals surface area contributed by atoms with Crippen LogP contribution in [0.2, 0.25) is 5.02 Å². The monoisotopic (exact) mass is 283 g/mol. The zero-order chi connectivity index (χ0) is 13.8. The molecule has 1 fully saturated rings. The number of hydrogen-bond donors (Lipinski definition) is 1. The molecule has 1 aromatic rings. The molecule has 1 aromatic carbocycles. The second-order valence-electron chi connectivity index (χ2n) is 5.44. The van der Waals surface area contributed by atoms with E-state index in [1.165, 1.54) is 6.42 Å². The number of nitrogens with zero attached hydrogens (tertiary/aromatic N) is 1.